The third-order valence-corrected chi connectivity index (χ3v) is 4.38. The molecule has 0 radical (unpaired) electrons. The smallest absolute Gasteiger partial charge is 0.239 e. The van der Waals surface area contributed by atoms with Crippen LogP contribution in [-0.2, 0) is 9.59 Å². The number of carbonyl (C=O) groups excluding carboxylic acids is 2. The molecular formula is C14H14Cl2N2O2. The van der Waals surface area contributed by atoms with Gasteiger partial charge in [-0.2, -0.15) is 0 Å². The highest BCUT2D eigenvalue weighted by molar-refractivity contribution is 6.35. The molecule has 1 aliphatic heterocycles. The van der Waals surface area contributed by atoms with Crippen LogP contribution < -0.4 is 5.32 Å². The molecular weight excluding hydrogens is 299 g/mol. The van der Waals surface area contributed by atoms with Crippen LogP contribution in [0.3, 0.4) is 0 Å². The SMILES string of the molecule is O=C1CN(C(=O)[C@H]2C[C@@H]2c2ccc(Cl)cc2Cl)CCN1. The Kier molecular flexibility index (Phi) is 3.61. The molecule has 1 aromatic rings. The normalized spacial score (nSPS) is 25.3. The predicted molar refractivity (Wildman–Crippen MR) is 76.9 cm³/mol. The lowest BCUT2D eigenvalue weighted by Crippen LogP contribution is -2.50. The first kappa shape index (κ1) is 13.7. The van der Waals surface area contributed by atoms with Crippen LogP contribution >= 0.6 is 23.2 Å². The van der Waals surface area contributed by atoms with E-state index in [2.05, 4.69) is 5.32 Å². The summed E-state index contributed by atoms with van der Waals surface area (Å²) in [6.45, 7) is 1.28. The highest BCUT2D eigenvalue weighted by Gasteiger charge is 2.47. The van der Waals surface area contributed by atoms with E-state index in [-0.39, 0.29) is 30.2 Å². The van der Waals surface area contributed by atoms with Crippen LogP contribution in [0.1, 0.15) is 17.9 Å². The third kappa shape index (κ3) is 2.63. The summed E-state index contributed by atoms with van der Waals surface area (Å²) in [6, 6.07) is 5.37. The Morgan fingerprint density at radius 1 is 1.35 bits per heavy atom. The Morgan fingerprint density at radius 3 is 2.85 bits per heavy atom. The van der Waals surface area contributed by atoms with Gasteiger partial charge >= 0.3 is 0 Å². The molecule has 1 saturated carbocycles. The van der Waals surface area contributed by atoms with Crippen LogP contribution in [0.25, 0.3) is 0 Å². The molecule has 106 valence electrons. The molecule has 1 aromatic carbocycles. The van der Waals surface area contributed by atoms with Crippen molar-refractivity contribution in [1.29, 1.82) is 0 Å². The molecule has 1 saturated heterocycles. The highest BCUT2D eigenvalue weighted by Crippen LogP contribution is 2.50. The Hall–Kier alpha value is -1.26. The second-order valence-corrected chi connectivity index (χ2v) is 6.07. The van der Waals surface area contributed by atoms with E-state index in [1.807, 2.05) is 6.07 Å². The average Bonchev–Trinajstić information content (AvgIpc) is 3.18. The lowest BCUT2D eigenvalue weighted by atomic mass is 10.1. The second-order valence-electron chi connectivity index (χ2n) is 5.22. The molecule has 2 amide bonds. The minimum absolute atomic E-state index is 0.0517. The van der Waals surface area contributed by atoms with Gasteiger partial charge in [0, 0.05) is 29.1 Å². The molecule has 0 spiro atoms. The minimum atomic E-state index is -0.0914. The van der Waals surface area contributed by atoms with Crippen molar-refractivity contribution in [1.82, 2.24) is 10.2 Å². The summed E-state index contributed by atoms with van der Waals surface area (Å²) in [4.78, 5) is 25.3. The van der Waals surface area contributed by atoms with Crippen LogP contribution in [0, 0.1) is 5.92 Å². The van der Waals surface area contributed by atoms with E-state index in [1.165, 1.54) is 0 Å². The van der Waals surface area contributed by atoms with E-state index in [4.69, 9.17) is 23.2 Å². The van der Waals surface area contributed by atoms with Gasteiger partial charge in [0.05, 0.1) is 6.54 Å². The molecule has 2 fully saturated rings. The van der Waals surface area contributed by atoms with Gasteiger partial charge in [-0.05, 0) is 30.0 Å². The van der Waals surface area contributed by atoms with Crippen molar-refractivity contribution in [2.45, 2.75) is 12.3 Å². The van der Waals surface area contributed by atoms with Gasteiger partial charge in [-0.15, -0.1) is 0 Å². The number of nitrogens with zero attached hydrogens (tertiary/aromatic N) is 1. The molecule has 2 aliphatic rings. The first-order chi connectivity index (χ1) is 9.56. The van der Waals surface area contributed by atoms with Gasteiger partial charge in [0.25, 0.3) is 0 Å². The van der Waals surface area contributed by atoms with Crippen molar-refractivity contribution in [3.63, 3.8) is 0 Å². The van der Waals surface area contributed by atoms with Gasteiger partial charge in [0.2, 0.25) is 11.8 Å². The number of benzene rings is 1. The molecule has 3 rings (SSSR count). The number of nitrogens with one attached hydrogen (secondary N) is 1. The number of piperazine rings is 1. The van der Waals surface area contributed by atoms with Gasteiger partial charge < -0.3 is 10.2 Å². The molecule has 1 heterocycles. The zero-order valence-corrected chi connectivity index (χ0v) is 12.2. The molecule has 20 heavy (non-hydrogen) atoms. The number of halogens is 2. The molecule has 4 nitrogen and oxygen atoms in total. The maximum atomic E-state index is 12.3. The van der Waals surface area contributed by atoms with Gasteiger partial charge in [0.1, 0.15) is 0 Å². The molecule has 1 aliphatic carbocycles. The molecule has 6 heteroatoms. The van der Waals surface area contributed by atoms with E-state index in [1.54, 1.807) is 17.0 Å². The largest absolute Gasteiger partial charge is 0.353 e. The van der Waals surface area contributed by atoms with Crippen LogP contribution in [0.15, 0.2) is 18.2 Å². The predicted octanol–water partition coefficient (Wildman–Crippen LogP) is 2.06. The summed E-state index contributed by atoms with van der Waals surface area (Å²) in [6.07, 6.45) is 0.790. The van der Waals surface area contributed by atoms with E-state index in [0.29, 0.717) is 23.1 Å². The fraction of sp³-hybridized carbons (Fsp3) is 0.429. The third-order valence-electron chi connectivity index (χ3n) is 3.82. The molecule has 0 bridgehead atoms. The monoisotopic (exact) mass is 312 g/mol. The van der Waals surface area contributed by atoms with Crippen molar-refractivity contribution in [3.8, 4) is 0 Å². The number of amides is 2. The molecule has 0 aromatic heterocycles. The summed E-state index contributed by atoms with van der Waals surface area (Å²) in [5.41, 5.74) is 0.968. The lowest BCUT2D eigenvalue weighted by Gasteiger charge is -2.26. The highest BCUT2D eigenvalue weighted by atomic mass is 35.5. The van der Waals surface area contributed by atoms with Gasteiger partial charge in [-0.1, -0.05) is 29.3 Å². The van der Waals surface area contributed by atoms with E-state index >= 15 is 0 Å². The Morgan fingerprint density at radius 2 is 2.15 bits per heavy atom. The summed E-state index contributed by atoms with van der Waals surface area (Å²) < 4.78 is 0. The number of carbonyl (C=O) groups is 2. The Balaban J connectivity index is 1.69. The van der Waals surface area contributed by atoms with Crippen molar-refractivity contribution in [2.24, 2.45) is 5.92 Å². The number of hydrogen-bond donors (Lipinski definition) is 1. The standard InChI is InChI=1S/C14H14Cl2N2O2/c15-8-1-2-9(12(16)5-8)10-6-11(10)14(20)18-4-3-17-13(19)7-18/h1-2,5,10-11H,3-4,6-7H2,(H,17,19)/t10-,11+/m1/s1. The number of rotatable bonds is 2. The van der Waals surface area contributed by atoms with Crippen LogP contribution in [-0.4, -0.2) is 36.3 Å². The van der Waals surface area contributed by atoms with E-state index in [0.717, 1.165) is 12.0 Å². The van der Waals surface area contributed by atoms with Crippen LogP contribution in [0.2, 0.25) is 10.0 Å². The van der Waals surface area contributed by atoms with Crippen molar-refractivity contribution >= 4 is 35.0 Å². The van der Waals surface area contributed by atoms with Crippen molar-refractivity contribution in [3.05, 3.63) is 33.8 Å². The Labute approximate surface area is 127 Å². The fourth-order valence-corrected chi connectivity index (χ4v) is 3.22. The van der Waals surface area contributed by atoms with E-state index < -0.39 is 0 Å². The molecule has 0 unspecified atom stereocenters. The van der Waals surface area contributed by atoms with Crippen molar-refractivity contribution < 1.29 is 9.59 Å². The maximum Gasteiger partial charge on any atom is 0.239 e. The minimum Gasteiger partial charge on any atom is -0.353 e. The number of hydrogen-bond acceptors (Lipinski definition) is 2. The summed E-state index contributed by atoms with van der Waals surface area (Å²) in [7, 11) is 0. The van der Waals surface area contributed by atoms with Gasteiger partial charge in [0.15, 0.2) is 0 Å². The first-order valence-corrected chi connectivity index (χ1v) is 7.32. The van der Waals surface area contributed by atoms with E-state index in [9.17, 15) is 9.59 Å². The molecule has 1 N–H and O–H groups in total. The zero-order valence-electron chi connectivity index (χ0n) is 10.7. The maximum absolute atomic E-state index is 12.3. The van der Waals surface area contributed by atoms with Gasteiger partial charge in [-0.3, -0.25) is 9.59 Å². The van der Waals surface area contributed by atoms with Crippen LogP contribution in [0.5, 0.6) is 0 Å². The van der Waals surface area contributed by atoms with Gasteiger partial charge in [-0.25, -0.2) is 0 Å². The molecule has 2 atom stereocenters. The average molecular weight is 313 g/mol. The van der Waals surface area contributed by atoms with Crippen molar-refractivity contribution in [2.75, 3.05) is 19.6 Å². The van der Waals surface area contributed by atoms with Crippen LogP contribution in [0.4, 0.5) is 0 Å². The Bertz CT molecular complexity index is 576. The summed E-state index contributed by atoms with van der Waals surface area (Å²) >= 11 is 12.0. The zero-order chi connectivity index (χ0) is 14.3. The fourth-order valence-electron chi connectivity index (χ4n) is 2.68. The summed E-state index contributed by atoms with van der Waals surface area (Å²) in [5.74, 6) is 0.0546. The topological polar surface area (TPSA) is 49.4 Å². The summed E-state index contributed by atoms with van der Waals surface area (Å²) in [5, 5.41) is 3.91. The second kappa shape index (κ2) is 5.26. The quantitative estimate of drug-likeness (QED) is 0.908. The first-order valence-electron chi connectivity index (χ1n) is 6.56. The lowest BCUT2D eigenvalue weighted by molar-refractivity contribution is -0.139.